The number of amides is 1. The van der Waals surface area contributed by atoms with E-state index in [0.29, 0.717) is 18.5 Å². The summed E-state index contributed by atoms with van der Waals surface area (Å²) < 4.78 is 5.28. The van der Waals surface area contributed by atoms with E-state index in [2.05, 4.69) is 17.1 Å². The van der Waals surface area contributed by atoms with Crippen molar-refractivity contribution in [3.63, 3.8) is 0 Å². The minimum atomic E-state index is 0.146. The monoisotopic (exact) mass is 255 g/mol. The predicted molar refractivity (Wildman–Crippen MR) is 70.2 cm³/mol. The first kappa shape index (κ1) is 13.8. The number of hydrogen-bond acceptors (Lipinski definition) is 4. The van der Waals surface area contributed by atoms with Crippen molar-refractivity contribution in [1.29, 1.82) is 0 Å². The van der Waals surface area contributed by atoms with E-state index >= 15 is 0 Å². The second-order valence-corrected chi connectivity index (χ2v) is 5.60. The van der Waals surface area contributed by atoms with Gasteiger partial charge in [0.1, 0.15) is 0 Å². The highest BCUT2D eigenvalue weighted by atomic mass is 16.5. The first-order chi connectivity index (χ1) is 8.65. The first-order valence-electron chi connectivity index (χ1n) is 7.00. The number of ether oxygens (including phenoxy) is 1. The van der Waals surface area contributed by atoms with Gasteiger partial charge in [-0.05, 0) is 38.6 Å². The van der Waals surface area contributed by atoms with Gasteiger partial charge in [0.15, 0.2) is 0 Å². The molecule has 2 unspecified atom stereocenters. The number of carbonyl (C=O) groups excluding carboxylic acids is 1. The molecule has 0 aromatic heterocycles. The van der Waals surface area contributed by atoms with Gasteiger partial charge in [-0.15, -0.1) is 0 Å². The molecule has 0 radical (unpaired) electrons. The van der Waals surface area contributed by atoms with Crippen LogP contribution in [0.1, 0.15) is 26.2 Å². The third kappa shape index (κ3) is 3.93. The number of rotatable bonds is 4. The molecule has 0 aromatic rings. The molecule has 0 saturated carbocycles. The number of nitrogens with zero attached hydrogens (tertiary/aromatic N) is 1. The minimum Gasteiger partial charge on any atom is -0.381 e. The SMILES string of the molecule is CC(N)C1CCN(CC(=O)NC2CCOCC2)C1. The maximum atomic E-state index is 11.9. The van der Waals surface area contributed by atoms with E-state index in [1.807, 2.05) is 0 Å². The van der Waals surface area contributed by atoms with E-state index < -0.39 is 0 Å². The number of likely N-dealkylation sites (tertiary alicyclic amines) is 1. The Balaban J connectivity index is 1.68. The zero-order valence-electron chi connectivity index (χ0n) is 11.2. The van der Waals surface area contributed by atoms with Crippen molar-refractivity contribution in [3.05, 3.63) is 0 Å². The van der Waals surface area contributed by atoms with Crippen LogP contribution >= 0.6 is 0 Å². The van der Waals surface area contributed by atoms with E-state index in [9.17, 15) is 4.79 Å². The van der Waals surface area contributed by atoms with Gasteiger partial charge in [-0.3, -0.25) is 9.69 Å². The van der Waals surface area contributed by atoms with Crippen LogP contribution in [0.15, 0.2) is 0 Å². The second-order valence-electron chi connectivity index (χ2n) is 5.60. The summed E-state index contributed by atoms with van der Waals surface area (Å²) in [6, 6.07) is 0.534. The lowest BCUT2D eigenvalue weighted by molar-refractivity contribution is -0.123. The van der Waals surface area contributed by atoms with Gasteiger partial charge in [0.05, 0.1) is 6.54 Å². The Hall–Kier alpha value is -0.650. The molecule has 2 heterocycles. The summed E-state index contributed by atoms with van der Waals surface area (Å²) in [6.07, 6.45) is 2.99. The van der Waals surface area contributed by atoms with Crippen LogP contribution in [0.25, 0.3) is 0 Å². The largest absolute Gasteiger partial charge is 0.381 e. The van der Waals surface area contributed by atoms with E-state index in [0.717, 1.165) is 45.6 Å². The molecule has 1 amide bonds. The van der Waals surface area contributed by atoms with Gasteiger partial charge in [-0.25, -0.2) is 0 Å². The Bertz CT molecular complexity index is 277. The number of nitrogens with one attached hydrogen (secondary N) is 1. The molecule has 18 heavy (non-hydrogen) atoms. The highest BCUT2D eigenvalue weighted by molar-refractivity contribution is 5.78. The van der Waals surface area contributed by atoms with E-state index in [-0.39, 0.29) is 11.9 Å². The summed E-state index contributed by atoms with van der Waals surface area (Å²) in [6.45, 7) is 6.05. The highest BCUT2D eigenvalue weighted by Gasteiger charge is 2.27. The fourth-order valence-corrected chi connectivity index (χ4v) is 2.75. The maximum absolute atomic E-state index is 11.9. The average molecular weight is 255 g/mol. The van der Waals surface area contributed by atoms with Crippen molar-refractivity contribution in [2.75, 3.05) is 32.8 Å². The van der Waals surface area contributed by atoms with Gasteiger partial charge in [-0.2, -0.15) is 0 Å². The van der Waals surface area contributed by atoms with Crippen molar-refractivity contribution >= 4 is 5.91 Å². The lowest BCUT2D eigenvalue weighted by Gasteiger charge is -2.24. The molecule has 0 spiro atoms. The average Bonchev–Trinajstić information content (AvgIpc) is 2.78. The van der Waals surface area contributed by atoms with E-state index in [4.69, 9.17) is 10.5 Å². The van der Waals surface area contributed by atoms with Crippen molar-refractivity contribution in [2.24, 2.45) is 11.7 Å². The molecule has 2 saturated heterocycles. The van der Waals surface area contributed by atoms with Crippen LogP contribution in [-0.2, 0) is 9.53 Å². The molecule has 0 bridgehead atoms. The summed E-state index contributed by atoms with van der Waals surface area (Å²) in [4.78, 5) is 14.1. The van der Waals surface area contributed by atoms with Crippen LogP contribution < -0.4 is 11.1 Å². The van der Waals surface area contributed by atoms with Gasteiger partial charge in [0.2, 0.25) is 5.91 Å². The zero-order valence-corrected chi connectivity index (χ0v) is 11.2. The standard InChI is InChI=1S/C13H25N3O2/c1-10(14)11-2-5-16(8-11)9-13(17)15-12-3-6-18-7-4-12/h10-12H,2-9,14H2,1H3,(H,15,17). The Morgan fingerprint density at radius 1 is 1.44 bits per heavy atom. The fraction of sp³-hybridized carbons (Fsp3) is 0.923. The molecule has 3 N–H and O–H groups in total. The molecule has 0 aromatic carbocycles. The summed E-state index contributed by atoms with van der Waals surface area (Å²) in [7, 11) is 0. The van der Waals surface area contributed by atoms with Crippen molar-refractivity contribution in [1.82, 2.24) is 10.2 Å². The van der Waals surface area contributed by atoms with Gasteiger partial charge in [-0.1, -0.05) is 0 Å². The summed E-state index contributed by atoms with van der Waals surface area (Å²) in [5, 5.41) is 3.10. The molecule has 2 fully saturated rings. The molecule has 5 nitrogen and oxygen atoms in total. The molecular weight excluding hydrogens is 230 g/mol. The molecule has 2 aliphatic rings. The molecule has 0 aliphatic carbocycles. The molecule has 2 rings (SSSR count). The molecule has 2 atom stereocenters. The van der Waals surface area contributed by atoms with Gasteiger partial charge >= 0.3 is 0 Å². The van der Waals surface area contributed by atoms with Crippen molar-refractivity contribution in [3.8, 4) is 0 Å². The number of nitrogens with two attached hydrogens (primary N) is 1. The number of carbonyl (C=O) groups is 1. The van der Waals surface area contributed by atoms with Crippen LogP contribution in [0.4, 0.5) is 0 Å². The van der Waals surface area contributed by atoms with Gasteiger partial charge in [0, 0.05) is 31.8 Å². The first-order valence-corrected chi connectivity index (χ1v) is 7.00. The van der Waals surface area contributed by atoms with Crippen LogP contribution in [0.2, 0.25) is 0 Å². The van der Waals surface area contributed by atoms with E-state index in [1.165, 1.54) is 0 Å². The molecule has 5 heteroatoms. The minimum absolute atomic E-state index is 0.146. The summed E-state index contributed by atoms with van der Waals surface area (Å²) in [5.41, 5.74) is 5.90. The molecular formula is C13H25N3O2. The van der Waals surface area contributed by atoms with Gasteiger partial charge < -0.3 is 15.8 Å². The van der Waals surface area contributed by atoms with Crippen molar-refractivity contribution < 1.29 is 9.53 Å². The topological polar surface area (TPSA) is 67.6 Å². The van der Waals surface area contributed by atoms with Crippen molar-refractivity contribution in [2.45, 2.75) is 38.3 Å². The molecule has 104 valence electrons. The summed E-state index contributed by atoms with van der Waals surface area (Å²) in [5.74, 6) is 0.688. The highest BCUT2D eigenvalue weighted by Crippen LogP contribution is 2.18. The molecule has 2 aliphatic heterocycles. The third-order valence-corrected chi connectivity index (χ3v) is 4.01. The lowest BCUT2D eigenvalue weighted by atomic mass is 10.0. The van der Waals surface area contributed by atoms with Crippen LogP contribution in [0.3, 0.4) is 0 Å². The second kappa shape index (κ2) is 6.50. The van der Waals surface area contributed by atoms with Crippen LogP contribution in [-0.4, -0.2) is 55.7 Å². The van der Waals surface area contributed by atoms with Gasteiger partial charge in [0.25, 0.3) is 0 Å². The summed E-state index contributed by atoms with van der Waals surface area (Å²) >= 11 is 0. The van der Waals surface area contributed by atoms with Crippen LogP contribution in [0.5, 0.6) is 0 Å². The Morgan fingerprint density at radius 2 is 2.17 bits per heavy atom. The Labute approximate surface area is 109 Å². The predicted octanol–water partition coefficient (Wildman–Crippen LogP) is -0.0493. The zero-order chi connectivity index (χ0) is 13.0. The quantitative estimate of drug-likeness (QED) is 0.739. The number of hydrogen-bond donors (Lipinski definition) is 2. The van der Waals surface area contributed by atoms with Crippen LogP contribution in [0, 0.1) is 5.92 Å². The van der Waals surface area contributed by atoms with E-state index in [1.54, 1.807) is 0 Å². The lowest BCUT2D eigenvalue weighted by Crippen LogP contribution is -2.44. The smallest absolute Gasteiger partial charge is 0.234 e. The Kier molecular flexibility index (Phi) is 4.97. The fourth-order valence-electron chi connectivity index (χ4n) is 2.75. The normalized spacial score (nSPS) is 28.2. The Morgan fingerprint density at radius 3 is 2.78 bits per heavy atom. The third-order valence-electron chi connectivity index (χ3n) is 4.01. The maximum Gasteiger partial charge on any atom is 0.234 e.